The zero-order chi connectivity index (χ0) is 14.0. The Balaban J connectivity index is 2.09. The van der Waals surface area contributed by atoms with Crippen LogP contribution in [-0.2, 0) is 9.47 Å². The first-order chi connectivity index (χ1) is 8.87. The Labute approximate surface area is 109 Å². The van der Waals surface area contributed by atoms with Crippen molar-refractivity contribution in [1.82, 2.24) is 0 Å². The molecule has 1 aliphatic heterocycles. The number of ether oxygens (including phenoxy) is 2. The Morgan fingerprint density at radius 3 is 2.68 bits per heavy atom. The van der Waals surface area contributed by atoms with E-state index in [1.54, 1.807) is 6.08 Å². The molecule has 0 aromatic carbocycles. The molecule has 0 saturated carbocycles. The second-order valence-corrected chi connectivity index (χ2v) is 4.70. The Morgan fingerprint density at radius 1 is 1.37 bits per heavy atom. The summed E-state index contributed by atoms with van der Waals surface area (Å²) in [6.45, 7) is 4.13. The smallest absolute Gasteiger partial charge is 0.410 e. The quantitative estimate of drug-likeness (QED) is 0.861. The Kier molecular flexibility index (Phi) is 4.01. The Hall–Kier alpha value is -1.27. The normalized spacial score (nSPS) is 28.1. The van der Waals surface area contributed by atoms with Crippen LogP contribution >= 0.6 is 0 Å². The summed E-state index contributed by atoms with van der Waals surface area (Å²) in [5.41, 5.74) is 6.77. The molecule has 0 radical (unpaired) electrons. The first-order valence-electron chi connectivity index (χ1n) is 6.08. The van der Waals surface area contributed by atoms with Crippen molar-refractivity contribution in [2.24, 2.45) is 5.73 Å². The van der Waals surface area contributed by atoms with E-state index in [9.17, 15) is 13.2 Å². The van der Waals surface area contributed by atoms with Gasteiger partial charge in [-0.05, 0) is 30.1 Å². The summed E-state index contributed by atoms with van der Waals surface area (Å²) >= 11 is 0. The molecule has 2 aliphatic rings. The second kappa shape index (κ2) is 5.38. The van der Waals surface area contributed by atoms with Crippen molar-refractivity contribution in [3.8, 4) is 0 Å². The molecule has 19 heavy (non-hydrogen) atoms. The van der Waals surface area contributed by atoms with E-state index in [2.05, 4.69) is 11.3 Å². The van der Waals surface area contributed by atoms with Gasteiger partial charge in [-0.25, -0.2) is 0 Å². The first kappa shape index (κ1) is 14.1. The molecule has 3 nitrogen and oxygen atoms in total. The van der Waals surface area contributed by atoms with Crippen LogP contribution in [0.2, 0.25) is 0 Å². The first-order valence-corrected chi connectivity index (χ1v) is 6.08. The molecule has 2 unspecified atom stereocenters. The lowest BCUT2D eigenvalue weighted by molar-refractivity contribution is -0.306. The van der Waals surface area contributed by atoms with Crippen molar-refractivity contribution in [3.63, 3.8) is 0 Å². The van der Waals surface area contributed by atoms with Crippen molar-refractivity contribution in [1.29, 1.82) is 0 Å². The lowest BCUT2D eigenvalue weighted by Crippen LogP contribution is -2.22. The second-order valence-electron chi connectivity index (χ2n) is 4.70. The molecular formula is C13H16F3NO2. The van der Waals surface area contributed by atoms with Gasteiger partial charge in [-0.2, -0.15) is 0 Å². The average molecular weight is 275 g/mol. The highest BCUT2D eigenvalue weighted by Gasteiger charge is 2.34. The van der Waals surface area contributed by atoms with Gasteiger partial charge in [0.15, 0.2) is 0 Å². The van der Waals surface area contributed by atoms with Crippen molar-refractivity contribution >= 4 is 0 Å². The zero-order valence-electron chi connectivity index (χ0n) is 10.4. The highest BCUT2D eigenvalue weighted by Crippen LogP contribution is 2.33. The highest BCUT2D eigenvalue weighted by molar-refractivity contribution is 5.40. The van der Waals surface area contributed by atoms with Crippen LogP contribution in [0.5, 0.6) is 0 Å². The summed E-state index contributed by atoms with van der Waals surface area (Å²) in [6, 6.07) is 0. The van der Waals surface area contributed by atoms with Crippen LogP contribution in [0.1, 0.15) is 19.3 Å². The molecule has 1 aliphatic carbocycles. The molecule has 1 heterocycles. The van der Waals surface area contributed by atoms with Gasteiger partial charge in [-0.3, -0.25) is 0 Å². The summed E-state index contributed by atoms with van der Waals surface area (Å²) < 4.78 is 46.3. The van der Waals surface area contributed by atoms with Gasteiger partial charge >= 0.3 is 6.36 Å². The maximum absolute atomic E-state index is 12.2. The minimum absolute atomic E-state index is 0.0264. The van der Waals surface area contributed by atoms with Gasteiger partial charge in [0.2, 0.25) is 0 Å². The van der Waals surface area contributed by atoms with Crippen LogP contribution in [0.4, 0.5) is 13.2 Å². The summed E-state index contributed by atoms with van der Waals surface area (Å²) in [5, 5.41) is 0. The molecule has 6 heteroatoms. The fourth-order valence-corrected chi connectivity index (χ4v) is 2.31. The van der Waals surface area contributed by atoms with E-state index in [0.717, 1.165) is 12.8 Å². The summed E-state index contributed by atoms with van der Waals surface area (Å²) in [4.78, 5) is 0. The molecule has 0 bridgehead atoms. The lowest BCUT2D eigenvalue weighted by atomic mass is 9.96. The number of allylic oxidation sites excluding steroid dienone is 2. The summed E-state index contributed by atoms with van der Waals surface area (Å²) in [7, 11) is 0. The maximum Gasteiger partial charge on any atom is 0.572 e. The van der Waals surface area contributed by atoms with Gasteiger partial charge in [0.1, 0.15) is 5.76 Å². The molecule has 106 valence electrons. The van der Waals surface area contributed by atoms with Crippen LogP contribution in [0, 0.1) is 0 Å². The van der Waals surface area contributed by atoms with E-state index in [4.69, 9.17) is 10.5 Å². The van der Waals surface area contributed by atoms with Gasteiger partial charge < -0.3 is 15.2 Å². The van der Waals surface area contributed by atoms with E-state index in [-0.39, 0.29) is 24.4 Å². The van der Waals surface area contributed by atoms with Gasteiger partial charge in [-0.1, -0.05) is 12.7 Å². The minimum Gasteiger partial charge on any atom is -0.410 e. The molecule has 1 fully saturated rings. The van der Waals surface area contributed by atoms with Crippen LogP contribution < -0.4 is 5.73 Å². The van der Waals surface area contributed by atoms with Crippen molar-refractivity contribution in [2.75, 3.05) is 6.54 Å². The minimum atomic E-state index is -4.68. The average Bonchev–Trinajstić information content (AvgIpc) is 2.74. The zero-order valence-corrected chi connectivity index (χ0v) is 10.4. The van der Waals surface area contributed by atoms with Crippen LogP contribution in [0.3, 0.4) is 0 Å². The molecule has 0 aromatic heterocycles. The number of hydrogen-bond acceptors (Lipinski definition) is 3. The molecule has 0 spiro atoms. The highest BCUT2D eigenvalue weighted by atomic mass is 19.4. The van der Waals surface area contributed by atoms with E-state index in [1.165, 1.54) is 6.08 Å². The van der Waals surface area contributed by atoms with Crippen LogP contribution in [-0.4, -0.2) is 25.1 Å². The lowest BCUT2D eigenvalue weighted by Gasteiger charge is -2.21. The topological polar surface area (TPSA) is 44.5 Å². The Bertz CT molecular complexity index is 426. The molecule has 2 rings (SSSR count). The third kappa shape index (κ3) is 3.84. The third-order valence-electron chi connectivity index (χ3n) is 3.09. The summed E-state index contributed by atoms with van der Waals surface area (Å²) in [5.74, 6) is -0.144. The number of hydrogen-bond donors (Lipinski definition) is 1. The largest absolute Gasteiger partial charge is 0.572 e. The number of alkyl halides is 3. The van der Waals surface area contributed by atoms with Gasteiger partial charge in [0, 0.05) is 13.0 Å². The fourth-order valence-electron chi connectivity index (χ4n) is 2.31. The molecule has 2 N–H and O–H groups in total. The van der Waals surface area contributed by atoms with E-state index in [1.807, 2.05) is 0 Å². The van der Waals surface area contributed by atoms with E-state index < -0.39 is 6.36 Å². The van der Waals surface area contributed by atoms with Gasteiger partial charge in [0.25, 0.3) is 0 Å². The fraction of sp³-hybridized carbons (Fsp3) is 0.538. The Morgan fingerprint density at radius 2 is 2.11 bits per heavy atom. The third-order valence-corrected chi connectivity index (χ3v) is 3.09. The van der Waals surface area contributed by atoms with Crippen molar-refractivity contribution in [2.45, 2.75) is 37.8 Å². The molecule has 2 atom stereocenters. The number of rotatable bonds is 3. The van der Waals surface area contributed by atoms with Crippen molar-refractivity contribution in [3.05, 3.63) is 35.6 Å². The monoisotopic (exact) mass is 275 g/mol. The molecule has 0 aromatic rings. The standard InChI is InChI=1S/C13H16F3NO2/c1-8-4-9(12-3-2-10(7-17)18-12)6-11(5-8)19-13(14,15)16/h4,6,10,12H,1-3,5,7,17H2. The predicted molar refractivity (Wildman–Crippen MR) is 64.0 cm³/mol. The predicted octanol–water partition coefficient (Wildman–Crippen LogP) is 2.80. The SMILES string of the molecule is C=C1C=C(C2CCC(CN)O2)C=C(OC(F)(F)F)C1. The maximum atomic E-state index is 12.2. The molecule has 0 amide bonds. The van der Waals surface area contributed by atoms with Gasteiger partial charge in [-0.15, -0.1) is 13.2 Å². The van der Waals surface area contributed by atoms with Crippen molar-refractivity contribution < 1.29 is 22.6 Å². The van der Waals surface area contributed by atoms with E-state index >= 15 is 0 Å². The van der Waals surface area contributed by atoms with E-state index in [0.29, 0.717) is 17.7 Å². The molecular weight excluding hydrogens is 259 g/mol. The number of nitrogens with two attached hydrogens (primary N) is 1. The van der Waals surface area contributed by atoms with Gasteiger partial charge in [0.05, 0.1) is 12.2 Å². The van der Waals surface area contributed by atoms with Crippen LogP contribution in [0.25, 0.3) is 0 Å². The molecule has 1 saturated heterocycles. The number of halogens is 3. The summed E-state index contributed by atoms with van der Waals surface area (Å²) in [6.07, 6.45) is -0.149. The van der Waals surface area contributed by atoms with Crippen LogP contribution in [0.15, 0.2) is 35.6 Å².